The lowest BCUT2D eigenvalue weighted by molar-refractivity contribution is 0.122. The van der Waals surface area contributed by atoms with Gasteiger partial charge in [-0.05, 0) is 49.6 Å². The Kier molecular flexibility index (Phi) is 9.61. The number of carbonyl (C=O) groups excluding carboxylic acids is 1. The van der Waals surface area contributed by atoms with Gasteiger partial charge in [0.2, 0.25) is 11.8 Å². The first-order valence-electron chi connectivity index (χ1n) is 13.8. The van der Waals surface area contributed by atoms with Crippen molar-refractivity contribution in [2.24, 2.45) is 0 Å². The van der Waals surface area contributed by atoms with Gasteiger partial charge in [0, 0.05) is 40.7 Å². The van der Waals surface area contributed by atoms with E-state index in [-0.39, 0.29) is 18.2 Å². The van der Waals surface area contributed by atoms with Crippen molar-refractivity contribution in [1.29, 1.82) is 0 Å². The van der Waals surface area contributed by atoms with Gasteiger partial charge < -0.3 is 24.0 Å². The highest BCUT2D eigenvalue weighted by Gasteiger charge is 2.40. The fourth-order valence-electron chi connectivity index (χ4n) is 5.41. The summed E-state index contributed by atoms with van der Waals surface area (Å²) < 4.78 is 18.4. The van der Waals surface area contributed by atoms with E-state index in [4.69, 9.17) is 29.2 Å². The van der Waals surface area contributed by atoms with E-state index in [0.29, 0.717) is 50.3 Å². The number of carbonyl (C=O) groups is 1. The van der Waals surface area contributed by atoms with Crippen LogP contribution >= 0.6 is 31.9 Å². The summed E-state index contributed by atoms with van der Waals surface area (Å²) in [4.78, 5) is 33.9. The third kappa shape index (κ3) is 6.60. The van der Waals surface area contributed by atoms with Gasteiger partial charge in [-0.3, -0.25) is 4.90 Å². The SMILES string of the molecule is CCOC(=O)N1c2ccc(OC)nc2[C@@H](N(Cc2cc(Br)cc(Br)c2)c2ncc(N3CCOCC3)cn2)C[C@H]1CC. The van der Waals surface area contributed by atoms with Gasteiger partial charge in [-0.25, -0.2) is 19.7 Å². The Balaban J connectivity index is 1.60. The molecule has 1 amide bonds. The van der Waals surface area contributed by atoms with Crippen LogP contribution in [-0.4, -0.2) is 67.1 Å². The Hall–Kier alpha value is -2.96. The summed E-state index contributed by atoms with van der Waals surface area (Å²) in [5, 5.41) is 0. The minimum atomic E-state index is -0.375. The maximum Gasteiger partial charge on any atom is 0.414 e. The first-order chi connectivity index (χ1) is 19.9. The van der Waals surface area contributed by atoms with Gasteiger partial charge in [-0.15, -0.1) is 0 Å². The fraction of sp³-hybridized carbons (Fsp3) is 0.448. The van der Waals surface area contributed by atoms with E-state index in [2.05, 4.69) is 60.7 Å². The second-order valence-corrected chi connectivity index (χ2v) is 11.7. The number of hydrogen-bond acceptors (Lipinski definition) is 9. The molecule has 0 aliphatic carbocycles. The topological polar surface area (TPSA) is 93.1 Å². The van der Waals surface area contributed by atoms with E-state index >= 15 is 0 Å². The number of morpholine rings is 1. The number of halogens is 2. The molecule has 0 spiro atoms. The van der Waals surface area contributed by atoms with Gasteiger partial charge in [-0.2, -0.15) is 0 Å². The number of anilines is 3. The molecule has 3 aromatic rings. The van der Waals surface area contributed by atoms with Crippen LogP contribution in [0.4, 0.5) is 22.1 Å². The number of amides is 1. The summed E-state index contributed by atoms with van der Waals surface area (Å²) in [5.41, 5.74) is 3.46. The Morgan fingerprint density at radius 2 is 1.80 bits per heavy atom. The standard InChI is InChI=1S/C29H34Br2N6O4/c1-4-22-15-25(27-24(6-7-26(34-27)39-3)37(22)29(38)41-5-2)36(18-19-12-20(30)14-21(31)13-19)28-32-16-23(17-33-28)35-8-10-40-11-9-35/h6-7,12-14,16-17,22,25H,4-5,8-11,15,18H2,1-3H3/t22-,25+/m1/s1. The van der Waals surface area contributed by atoms with Crippen molar-refractivity contribution in [2.45, 2.75) is 45.3 Å². The Bertz CT molecular complexity index is 1340. The number of aromatic nitrogens is 3. The van der Waals surface area contributed by atoms with Crippen LogP contribution in [0.25, 0.3) is 0 Å². The van der Waals surface area contributed by atoms with Gasteiger partial charge >= 0.3 is 6.09 Å². The number of ether oxygens (including phenoxy) is 3. The highest BCUT2D eigenvalue weighted by atomic mass is 79.9. The van der Waals surface area contributed by atoms with Gasteiger partial charge in [0.25, 0.3) is 0 Å². The number of nitrogens with zero attached hydrogens (tertiary/aromatic N) is 6. The lowest BCUT2D eigenvalue weighted by Gasteiger charge is -2.43. The molecule has 1 saturated heterocycles. The van der Waals surface area contributed by atoms with Crippen molar-refractivity contribution in [1.82, 2.24) is 15.0 Å². The molecule has 4 heterocycles. The number of benzene rings is 1. The third-order valence-corrected chi connectivity index (χ3v) is 8.28. The minimum absolute atomic E-state index is 0.105. The van der Waals surface area contributed by atoms with Gasteiger partial charge in [0.15, 0.2) is 0 Å². The molecule has 5 rings (SSSR count). The van der Waals surface area contributed by atoms with E-state index in [0.717, 1.165) is 45.4 Å². The van der Waals surface area contributed by atoms with Crippen LogP contribution in [0, 0.1) is 0 Å². The lowest BCUT2D eigenvalue weighted by atomic mass is 9.92. The van der Waals surface area contributed by atoms with E-state index in [1.165, 1.54) is 0 Å². The number of hydrogen-bond donors (Lipinski definition) is 0. The summed E-state index contributed by atoms with van der Waals surface area (Å²) in [6.45, 7) is 7.70. The molecule has 2 aliphatic heterocycles. The normalized spacial score (nSPS) is 18.6. The third-order valence-electron chi connectivity index (χ3n) is 7.37. The quantitative estimate of drug-likeness (QED) is 0.277. The van der Waals surface area contributed by atoms with E-state index in [9.17, 15) is 4.79 Å². The van der Waals surface area contributed by atoms with Crippen molar-refractivity contribution >= 4 is 55.3 Å². The van der Waals surface area contributed by atoms with Crippen LogP contribution in [-0.2, 0) is 16.0 Å². The maximum absolute atomic E-state index is 13.2. The zero-order valence-corrected chi connectivity index (χ0v) is 26.6. The second-order valence-electron chi connectivity index (χ2n) is 9.89. The second kappa shape index (κ2) is 13.3. The highest BCUT2D eigenvalue weighted by molar-refractivity contribution is 9.11. The lowest BCUT2D eigenvalue weighted by Crippen LogP contribution is -2.48. The van der Waals surface area contributed by atoms with Crippen molar-refractivity contribution in [3.8, 4) is 5.88 Å². The predicted octanol–water partition coefficient (Wildman–Crippen LogP) is 6.13. The first-order valence-corrected chi connectivity index (χ1v) is 15.4. The zero-order chi connectivity index (χ0) is 28.9. The molecule has 218 valence electrons. The Morgan fingerprint density at radius 1 is 1.10 bits per heavy atom. The average Bonchev–Trinajstić information content (AvgIpc) is 2.99. The summed E-state index contributed by atoms with van der Waals surface area (Å²) in [5.74, 6) is 1.05. The zero-order valence-electron chi connectivity index (χ0n) is 23.4. The van der Waals surface area contributed by atoms with Crippen LogP contribution in [0.1, 0.15) is 44.0 Å². The van der Waals surface area contributed by atoms with Gasteiger partial charge in [-0.1, -0.05) is 38.8 Å². The number of methoxy groups -OCH3 is 1. The first kappa shape index (κ1) is 29.5. The number of rotatable bonds is 8. The van der Waals surface area contributed by atoms with Crippen molar-refractivity contribution in [2.75, 3.05) is 54.7 Å². The molecule has 0 saturated carbocycles. The molecule has 41 heavy (non-hydrogen) atoms. The molecule has 2 aromatic heterocycles. The Labute approximate surface area is 257 Å². The molecule has 1 fully saturated rings. The molecule has 2 aliphatic rings. The van der Waals surface area contributed by atoms with Crippen LogP contribution in [0.3, 0.4) is 0 Å². The molecule has 0 N–H and O–H groups in total. The Morgan fingerprint density at radius 3 is 2.44 bits per heavy atom. The van der Waals surface area contributed by atoms with Crippen LogP contribution < -0.4 is 19.4 Å². The largest absolute Gasteiger partial charge is 0.481 e. The van der Waals surface area contributed by atoms with E-state index < -0.39 is 0 Å². The molecule has 0 bridgehead atoms. The molecular formula is C29H34Br2N6O4. The van der Waals surface area contributed by atoms with Crippen LogP contribution in [0.5, 0.6) is 5.88 Å². The van der Waals surface area contributed by atoms with E-state index in [1.807, 2.05) is 31.5 Å². The molecule has 2 atom stereocenters. The van der Waals surface area contributed by atoms with Crippen molar-refractivity contribution in [3.05, 3.63) is 62.9 Å². The number of pyridine rings is 1. The average molecular weight is 690 g/mol. The predicted molar refractivity (Wildman–Crippen MR) is 165 cm³/mol. The molecular weight excluding hydrogens is 656 g/mol. The molecule has 10 nitrogen and oxygen atoms in total. The fourth-order valence-corrected chi connectivity index (χ4v) is 6.80. The molecule has 12 heteroatoms. The highest BCUT2D eigenvalue weighted by Crippen LogP contribution is 2.43. The summed E-state index contributed by atoms with van der Waals surface area (Å²) in [6.07, 6.45) is 4.74. The minimum Gasteiger partial charge on any atom is -0.481 e. The molecule has 1 aromatic carbocycles. The van der Waals surface area contributed by atoms with Crippen LogP contribution in [0.2, 0.25) is 0 Å². The summed E-state index contributed by atoms with van der Waals surface area (Å²) in [6, 6.07) is 9.52. The summed E-state index contributed by atoms with van der Waals surface area (Å²) >= 11 is 7.26. The van der Waals surface area contributed by atoms with Gasteiger partial charge in [0.05, 0.1) is 62.4 Å². The van der Waals surface area contributed by atoms with Crippen molar-refractivity contribution in [3.63, 3.8) is 0 Å². The molecule has 0 radical (unpaired) electrons. The maximum atomic E-state index is 13.2. The van der Waals surface area contributed by atoms with Gasteiger partial charge in [0.1, 0.15) is 0 Å². The van der Waals surface area contributed by atoms with Crippen LogP contribution in [0.15, 0.2) is 51.7 Å². The smallest absolute Gasteiger partial charge is 0.414 e. The van der Waals surface area contributed by atoms with E-state index in [1.54, 1.807) is 18.1 Å². The monoisotopic (exact) mass is 688 g/mol. The number of fused-ring (bicyclic) bond motifs is 1. The summed E-state index contributed by atoms with van der Waals surface area (Å²) in [7, 11) is 1.59. The van der Waals surface area contributed by atoms with Crippen molar-refractivity contribution < 1.29 is 19.0 Å². The molecule has 0 unspecified atom stereocenters.